The summed E-state index contributed by atoms with van der Waals surface area (Å²) in [5.74, 6) is -0.935. The van der Waals surface area contributed by atoms with Crippen LogP contribution in [0.5, 0.6) is 0 Å². The van der Waals surface area contributed by atoms with E-state index in [1.165, 1.54) is 51.4 Å². The molecular weight excluding hydrogens is 829 g/mol. The predicted molar refractivity (Wildman–Crippen MR) is 288 cm³/mol. The monoisotopic (exact) mass is 929 g/mol. The van der Waals surface area contributed by atoms with E-state index in [-0.39, 0.29) is 31.1 Å². The molecule has 0 bridgehead atoms. The Kier molecular flexibility index (Phi) is 51.5. The van der Waals surface area contributed by atoms with E-state index < -0.39 is 6.10 Å². The molecule has 0 N–H and O–H groups in total. The van der Waals surface area contributed by atoms with Gasteiger partial charge in [-0.1, -0.05) is 214 Å². The number of hydrogen-bond donors (Lipinski definition) is 0. The van der Waals surface area contributed by atoms with Gasteiger partial charge in [0.25, 0.3) is 0 Å². The third kappa shape index (κ3) is 52.9. The van der Waals surface area contributed by atoms with E-state index in [0.717, 1.165) is 148 Å². The average Bonchev–Trinajstić information content (AvgIpc) is 3.33. The molecule has 0 aliphatic heterocycles. The number of allylic oxidation sites excluding steroid dienone is 18. The van der Waals surface area contributed by atoms with Gasteiger partial charge in [-0.15, -0.1) is 0 Å². The molecule has 0 aliphatic rings. The average molecular weight is 929 g/mol. The molecule has 67 heavy (non-hydrogen) atoms. The second kappa shape index (κ2) is 54.7. The lowest BCUT2D eigenvalue weighted by Gasteiger charge is -2.18. The molecule has 0 aromatic heterocycles. The van der Waals surface area contributed by atoms with Crippen molar-refractivity contribution >= 4 is 17.9 Å². The summed E-state index contributed by atoms with van der Waals surface area (Å²) < 4.78 is 16.8. The summed E-state index contributed by atoms with van der Waals surface area (Å²) in [5, 5.41) is 0. The molecule has 0 aromatic carbocycles. The van der Waals surface area contributed by atoms with E-state index in [1.54, 1.807) is 0 Å². The van der Waals surface area contributed by atoms with Gasteiger partial charge in [0.05, 0.1) is 0 Å². The van der Waals surface area contributed by atoms with E-state index in [9.17, 15) is 14.4 Å². The number of hydrogen-bond acceptors (Lipinski definition) is 6. The van der Waals surface area contributed by atoms with Crippen molar-refractivity contribution in [3.05, 3.63) is 109 Å². The Morgan fingerprint density at radius 1 is 0.313 bits per heavy atom. The van der Waals surface area contributed by atoms with E-state index >= 15 is 0 Å². The first-order chi connectivity index (χ1) is 33.0. The van der Waals surface area contributed by atoms with Gasteiger partial charge in [0.2, 0.25) is 0 Å². The Labute approximate surface area is 412 Å². The molecule has 0 heterocycles. The van der Waals surface area contributed by atoms with Gasteiger partial charge in [-0.05, 0) is 116 Å². The SMILES string of the molecule is CC/C=C\C/C=C\C/C=C\C/C=C\CCCCCCCCC(=O)OCC(COC(=O)CCCCCCC/C=C\CCCC)OC(=O)CCCCCCCC/C=C\C/C=C\C/C=C\C/C=C\CC. The van der Waals surface area contributed by atoms with E-state index in [0.29, 0.717) is 19.3 Å². The van der Waals surface area contributed by atoms with Gasteiger partial charge >= 0.3 is 17.9 Å². The highest BCUT2D eigenvalue weighted by atomic mass is 16.6. The fourth-order valence-electron chi connectivity index (χ4n) is 7.17. The van der Waals surface area contributed by atoms with E-state index in [1.807, 2.05) is 0 Å². The maximum atomic E-state index is 12.8. The molecule has 0 aliphatic carbocycles. The Balaban J connectivity index is 4.42. The van der Waals surface area contributed by atoms with Crippen LogP contribution >= 0.6 is 0 Å². The van der Waals surface area contributed by atoms with Crippen molar-refractivity contribution in [3.63, 3.8) is 0 Å². The topological polar surface area (TPSA) is 78.9 Å². The second-order valence-electron chi connectivity index (χ2n) is 17.7. The van der Waals surface area contributed by atoms with Crippen molar-refractivity contribution in [2.24, 2.45) is 0 Å². The van der Waals surface area contributed by atoms with Crippen LogP contribution in [0.25, 0.3) is 0 Å². The van der Waals surface area contributed by atoms with Gasteiger partial charge in [-0.25, -0.2) is 0 Å². The number of esters is 3. The largest absolute Gasteiger partial charge is 0.462 e. The molecule has 1 atom stereocenters. The summed E-state index contributed by atoms with van der Waals surface area (Å²) in [6.07, 6.45) is 73.6. The van der Waals surface area contributed by atoms with Crippen LogP contribution < -0.4 is 0 Å². The minimum absolute atomic E-state index is 0.0948. The third-order valence-corrected chi connectivity index (χ3v) is 11.2. The quantitative estimate of drug-likeness (QED) is 0.0262. The Bertz CT molecular complexity index is 1390. The molecule has 0 fully saturated rings. The molecule has 0 spiro atoms. The van der Waals surface area contributed by atoms with Crippen LogP contribution in [0.4, 0.5) is 0 Å². The fourth-order valence-corrected chi connectivity index (χ4v) is 7.17. The van der Waals surface area contributed by atoms with Crippen molar-refractivity contribution in [2.45, 2.75) is 245 Å². The summed E-state index contributed by atoms with van der Waals surface area (Å²) in [4.78, 5) is 38.1. The maximum absolute atomic E-state index is 12.8. The zero-order valence-corrected chi connectivity index (χ0v) is 43.4. The Morgan fingerprint density at radius 2 is 0.582 bits per heavy atom. The van der Waals surface area contributed by atoms with Crippen molar-refractivity contribution in [1.29, 1.82) is 0 Å². The smallest absolute Gasteiger partial charge is 0.306 e. The number of carbonyl (C=O) groups excluding carboxylic acids is 3. The van der Waals surface area contributed by atoms with Crippen molar-refractivity contribution in [3.8, 4) is 0 Å². The van der Waals surface area contributed by atoms with Crippen LogP contribution in [0.3, 0.4) is 0 Å². The number of rotatable bonds is 48. The fraction of sp³-hybridized carbons (Fsp3) is 0.656. The van der Waals surface area contributed by atoms with Gasteiger partial charge < -0.3 is 14.2 Å². The van der Waals surface area contributed by atoms with Gasteiger partial charge in [0.1, 0.15) is 13.2 Å². The van der Waals surface area contributed by atoms with Gasteiger partial charge in [-0.2, -0.15) is 0 Å². The lowest BCUT2D eigenvalue weighted by atomic mass is 10.1. The lowest BCUT2D eigenvalue weighted by molar-refractivity contribution is -0.167. The minimum Gasteiger partial charge on any atom is -0.462 e. The molecule has 0 rings (SSSR count). The zero-order valence-electron chi connectivity index (χ0n) is 43.4. The molecule has 0 amide bonds. The molecule has 380 valence electrons. The lowest BCUT2D eigenvalue weighted by Crippen LogP contribution is -2.30. The highest BCUT2D eigenvalue weighted by Gasteiger charge is 2.19. The molecule has 6 heteroatoms. The maximum Gasteiger partial charge on any atom is 0.306 e. The molecule has 0 saturated carbocycles. The second-order valence-corrected chi connectivity index (χ2v) is 17.7. The first-order valence-corrected chi connectivity index (χ1v) is 27.4. The van der Waals surface area contributed by atoms with Crippen LogP contribution in [0, 0.1) is 0 Å². The summed E-state index contributed by atoms with van der Waals surface area (Å²) in [6.45, 7) is 6.34. The molecule has 6 nitrogen and oxygen atoms in total. The van der Waals surface area contributed by atoms with Gasteiger partial charge in [0.15, 0.2) is 6.10 Å². The van der Waals surface area contributed by atoms with Crippen molar-refractivity contribution in [2.75, 3.05) is 13.2 Å². The summed E-state index contributed by atoms with van der Waals surface area (Å²) >= 11 is 0. The van der Waals surface area contributed by atoms with Crippen LogP contribution in [0.15, 0.2) is 109 Å². The molecule has 1 unspecified atom stereocenters. The van der Waals surface area contributed by atoms with Crippen molar-refractivity contribution < 1.29 is 28.6 Å². The van der Waals surface area contributed by atoms with Gasteiger partial charge in [0, 0.05) is 19.3 Å². The van der Waals surface area contributed by atoms with E-state index in [2.05, 4.69) is 130 Å². The predicted octanol–water partition coefficient (Wildman–Crippen LogP) is 18.3. The third-order valence-electron chi connectivity index (χ3n) is 11.2. The number of unbranched alkanes of at least 4 members (excludes halogenated alkanes) is 19. The summed E-state index contributed by atoms with van der Waals surface area (Å²) in [6, 6.07) is 0. The van der Waals surface area contributed by atoms with Crippen LogP contribution in [0.1, 0.15) is 239 Å². The molecular formula is C61H100O6. The minimum atomic E-state index is -0.797. The zero-order chi connectivity index (χ0) is 48.6. The summed E-state index contributed by atoms with van der Waals surface area (Å²) in [5.41, 5.74) is 0. The van der Waals surface area contributed by atoms with Crippen LogP contribution in [-0.2, 0) is 28.6 Å². The van der Waals surface area contributed by atoms with Crippen LogP contribution in [-0.4, -0.2) is 37.2 Å². The molecule has 0 saturated heterocycles. The standard InChI is InChI=1S/C61H100O6/c1-4-7-10-13-16-19-22-24-26-28-30-32-34-36-39-42-45-48-51-54-60(63)66-57-58(56-65-59(62)53-50-47-44-41-38-21-18-15-12-9-6-3)67-61(64)55-52-49-46-43-40-37-35-33-31-29-27-25-23-20-17-14-11-8-5-2/h7-8,10-11,15-20,24-27,30-33,58H,4-6,9,12-14,21-23,28-29,34-57H2,1-3H3/b10-7-,11-8-,18-15-,19-16-,20-17-,26-24-,27-25-,32-30-,33-31-. The van der Waals surface area contributed by atoms with E-state index in [4.69, 9.17) is 14.2 Å². The first-order valence-electron chi connectivity index (χ1n) is 27.4. The van der Waals surface area contributed by atoms with Gasteiger partial charge in [-0.3, -0.25) is 14.4 Å². The Morgan fingerprint density at radius 3 is 0.925 bits per heavy atom. The Hall–Kier alpha value is -3.93. The summed E-state index contributed by atoms with van der Waals surface area (Å²) in [7, 11) is 0. The van der Waals surface area contributed by atoms with Crippen LogP contribution in [0.2, 0.25) is 0 Å². The van der Waals surface area contributed by atoms with Crippen molar-refractivity contribution in [1.82, 2.24) is 0 Å². The highest BCUT2D eigenvalue weighted by Crippen LogP contribution is 2.14. The molecule has 0 aromatic rings. The number of ether oxygens (including phenoxy) is 3. The number of carbonyl (C=O) groups is 3. The first kappa shape index (κ1) is 63.1. The highest BCUT2D eigenvalue weighted by molar-refractivity contribution is 5.71. The molecule has 0 radical (unpaired) electrons. The normalized spacial score (nSPS) is 12.9.